The lowest BCUT2D eigenvalue weighted by molar-refractivity contribution is -0.136. The van der Waals surface area contributed by atoms with Crippen LogP contribution in [0.25, 0.3) is 5.65 Å². The summed E-state index contributed by atoms with van der Waals surface area (Å²) in [5.74, 6) is -1.76. The predicted octanol–water partition coefficient (Wildman–Crippen LogP) is 0.653. The third-order valence-corrected chi connectivity index (χ3v) is 6.13. The summed E-state index contributed by atoms with van der Waals surface area (Å²) in [6, 6.07) is 5.66. The van der Waals surface area contributed by atoms with Crippen molar-refractivity contribution in [1.29, 1.82) is 0 Å². The van der Waals surface area contributed by atoms with Crippen LogP contribution in [0.4, 0.5) is 4.39 Å². The van der Waals surface area contributed by atoms with Crippen LogP contribution in [-0.2, 0) is 22.6 Å². The minimum absolute atomic E-state index is 0.0317. The maximum atomic E-state index is 14.3. The van der Waals surface area contributed by atoms with Crippen molar-refractivity contribution < 1.29 is 28.3 Å². The van der Waals surface area contributed by atoms with Crippen LogP contribution in [0.15, 0.2) is 30.5 Å². The molecule has 0 saturated carbocycles. The second-order valence-corrected chi connectivity index (χ2v) is 8.76. The van der Waals surface area contributed by atoms with Crippen molar-refractivity contribution in [2.45, 2.75) is 32.4 Å². The molecule has 2 N–H and O–H groups in total. The first-order chi connectivity index (χ1) is 17.3. The standard InChI is InChI=1S/C24H23FN6O5/c1-13(24(35)30-5-2-6-30)28-23(34)19-9-18(29-21-17(25)11-27-31(19)21)22(33)26-10-14-3-4-20-15(7-14)8-16(32)12-36-20/h3-4,7,9,11,13H,2,5-6,8,10,12H2,1H3,(H,26,33)(H,28,34)/t13-/m0/s1. The van der Waals surface area contributed by atoms with E-state index >= 15 is 0 Å². The number of hydrogen-bond donors (Lipinski definition) is 2. The minimum Gasteiger partial charge on any atom is -0.486 e. The van der Waals surface area contributed by atoms with Crippen LogP contribution in [0, 0.1) is 5.82 Å². The Bertz CT molecular complexity index is 1400. The fourth-order valence-corrected chi connectivity index (χ4v) is 4.07. The first-order valence-electron chi connectivity index (χ1n) is 11.5. The van der Waals surface area contributed by atoms with Gasteiger partial charge in [0.1, 0.15) is 29.8 Å². The quantitative estimate of drug-likeness (QED) is 0.514. The number of ketones is 1. The van der Waals surface area contributed by atoms with Crippen LogP contribution in [0.2, 0.25) is 0 Å². The van der Waals surface area contributed by atoms with Crippen LogP contribution >= 0.6 is 0 Å². The maximum absolute atomic E-state index is 14.3. The lowest BCUT2D eigenvalue weighted by Crippen LogP contribution is -2.52. The second-order valence-electron chi connectivity index (χ2n) is 8.76. The fraction of sp³-hybridized carbons (Fsp3) is 0.333. The van der Waals surface area contributed by atoms with Crippen LogP contribution in [0.5, 0.6) is 5.75 Å². The lowest BCUT2D eigenvalue weighted by atomic mass is 10.0. The molecule has 0 unspecified atom stereocenters. The molecule has 4 heterocycles. The number of carbonyl (C=O) groups excluding carboxylic acids is 4. The van der Waals surface area contributed by atoms with Crippen LogP contribution in [0.1, 0.15) is 45.4 Å². The molecule has 12 heteroatoms. The Morgan fingerprint density at radius 2 is 2.00 bits per heavy atom. The number of nitrogens with one attached hydrogen (secondary N) is 2. The van der Waals surface area contributed by atoms with Gasteiger partial charge in [-0.1, -0.05) is 6.07 Å². The summed E-state index contributed by atoms with van der Waals surface area (Å²) >= 11 is 0. The Labute approximate surface area is 204 Å². The van der Waals surface area contributed by atoms with Gasteiger partial charge in [-0.3, -0.25) is 19.2 Å². The van der Waals surface area contributed by atoms with Gasteiger partial charge >= 0.3 is 0 Å². The average molecular weight is 494 g/mol. The van der Waals surface area contributed by atoms with Gasteiger partial charge in [0.15, 0.2) is 17.2 Å². The fourth-order valence-electron chi connectivity index (χ4n) is 4.07. The molecule has 2 aliphatic heterocycles. The number of aromatic nitrogens is 3. The van der Waals surface area contributed by atoms with Gasteiger partial charge in [-0.15, -0.1) is 0 Å². The highest BCUT2D eigenvalue weighted by atomic mass is 19.1. The van der Waals surface area contributed by atoms with Crippen molar-refractivity contribution in [3.63, 3.8) is 0 Å². The molecule has 2 aliphatic rings. The molecule has 1 aromatic carbocycles. The van der Waals surface area contributed by atoms with Crippen LogP contribution in [-0.4, -0.2) is 68.7 Å². The van der Waals surface area contributed by atoms with Gasteiger partial charge in [-0.05, 0) is 31.0 Å². The highest BCUT2D eigenvalue weighted by molar-refractivity contribution is 6.00. The van der Waals surface area contributed by atoms with Gasteiger partial charge in [0.2, 0.25) is 5.91 Å². The first-order valence-corrected chi connectivity index (χ1v) is 11.5. The van der Waals surface area contributed by atoms with Gasteiger partial charge in [0, 0.05) is 37.7 Å². The smallest absolute Gasteiger partial charge is 0.270 e. The molecule has 0 radical (unpaired) electrons. The molecule has 0 bridgehead atoms. The van der Waals surface area contributed by atoms with Crippen molar-refractivity contribution in [2.24, 2.45) is 0 Å². The third kappa shape index (κ3) is 4.49. The van der Waals surface area contributed by atoms with Crippen LogP contribution in [0.3, 0.4) is 0 Å². The molecule has 0 spiro atoms. The predicted molar refractivity (Wildman–Crippen MR) is 123 cm³/mol. The summed E-state index contributed by atoms with van der Waals surface area (Å²) in [7, 11) is 0. The molecular weight excluding hydrogens is 471 g/mol. The van der Waals surface area contributed by atoms with E-state index in [1.165, 1.54) is 6.07 Å². The summed E-state index contributed by atoms with van der Waals surface area (Å²) in [5, 5.41) is 9.13. The molecule has 36 heavy (non-hydrogen) atoms. The molecule has 1 saturated heterocycles. The SMILES string of the molecule is C[C@H](NC(=O)c1cc(C(=O)NCc2ccc3c(c2)CC(=O)CO3)nc2c(F)cnn12)C(=O)N1CCC1. The molecule has 5 rings (SSSR count). The highest BCUT2D eigenvalue weighted by Crippen LogP contribution is 2.24. The van der Waals surface area contributed by atoms with E-state index in [-0.39, 0.29) is 48.3 Å². The monoisotopic (exact) mass is 494 g/mol. The van der Waals surface area contributed by atoms with Gasteiger partial charge in [0.25, 0.3) is 11.8 Å². The maximum Gasteiger partial charge on any atom is 0.270 e. The zero-order valence-electron chi connectivity index (χ0n) is 19.4. The molecule has 11 nitrogen and oxygen atoms in total. The second kappa shape index (κ2) is 9.36. The van der Waals surface area contributed by atoms with Crippen molar-refractivity contribution in [2.75, 3.05) is 19.7 Å². The number of fused-ring (bicyclic) bond motifs is 2. The van der Waals surface area contributed by atoms with Crippen molar-refractivity contribution >= 4 is 29.2 Å². The summed E-state index contributed by atoms with van der Waals surface area (Å²) in [6.07, 6.45) is 2.07. The molecule has 186 valence electrons. The number of ether oxygens (including phenoxy) is 1. The molecule has 0 aliphatic carbocycles. The van der Waals surface area contributed by atoms with Crippen molar-refractivity contribution in [3.05, 3.63) is 58.8 Å². The Morgan fingerprint density at radius 1 is 1.19 bits per heavy atom. The van der Waals surface area contributed by atoms with E-state index in [1.54, 1.807) is 30.0 Å². The van der Waals surface area contributed by atoms with E-state index in [2.05, 4.69) is 20.7 Å². The minimum atomic E-state index is -0.807. The van der Waals surface area contributed by atoms with E-state index in [0.29, 0.717) is 18.8 Å². The Balaban J connectivity index is 1.34. The summed E-state index contributed by atoms with van der Waals surface area (Å²) < 4.78 is 20.7. The number of likely N-dealkylation sites (tertiary alicyclic amines) is 1. The molecule has 3 amide bonds. The molecule has 1 fully saturated rings. The zero-order valence-corrected chi connectivity index (χ0v) is 19.4. The third-order valence-electron chi connectivity index (χ3n) is 6.13. The zero-order chi connectivity index (χ0) is 25.4. The number of Topliss-reactive ketones (excluding diaryl/α,β-unsaturated/α-hetero) is 1. The Morgan fingerprint density at radius 3 is 2.75 bits per heavy atom. The Kier molecular flexibility index (Phi) is 6.08. The lowest BCUT2D eigenvalue weighted by Gasteiger charge is -2.33. The van der Waals surface area contributed by atoms with Gasteiger partial charge in [0.05, 0.1) is 6.20 Å². The topological polar surface area (TPSA) is 135 Å². The van der Waals surface area contributed by atoms with E-state index < -0.39 is 23.7 Å². The number of carbonyl (C=O) groups is 4. The van der Waals surface area contributed by atoms with E-state index in [9.17, 15) is 23.6 Å². The normalized spacial score (nSPS) is 15.5. The number of benzene rings is 1. The van der Waals surface area contributed by atoms with E-state index in [0.717, 1.165) is 28.3 Å². The van der Waals surface area contributed by atoms with Gasteiger partial charge in [-0.2, -0.15) is 5.10 Å². The van der Waals surface area contributed by atoms with Crippen LogP contribution < -0.4 is 15.4 Å². The summed E-state index contributed by atoms with van der Waals surface area (Å²) in [4.78, 5) is 55.5. The molecule has 2 aromatic heterocycles. The summed E-state index contributed by atoms with van der Waals surface area (Å²) in [6.45, 7) is 2.99. The van der Waals surface area contributed by atoms with E-state index in [4.69, 9.17) is 4.74 Å². The summed E-state index contributed by atoms with van der Waals surface area (Å²) in [5.41, 5.74) is 0.846. The number of hydrogen-bond acceptors (Lipinski definition) is 7. The largest absolute Gasteiger partial charge is 0.486 e. The van der Waals surface area contributed by atoms with E-state index in [1.807, 2.05) is 0 Å². The number of amides is 3. The number of nitrogens with zero attached hydrogens (tertiary/aromatic N) is 4. The first kappa shape index (κ1) is 23.4. The highest BCUT2D eigenvalue weighted by Gasteiger charge is 2.28. The number of rotatable bonds is 6. The van der Waals surface area contributed by atoms with Crippen molar-refractivity contribution in [1.82, 2.24) is 30.1 Å². The van der Waals surface area contributed by atoms with Gasteiger partial charge in [-0.25, -0.2) is 13.9 Å². The molecule has 1 atom stereocenters. The molecular formula is C24H23FN6O5. The van der Waals surface area contributed by atoms with Gasteiger partial charge < -0.3 is 20.3 Å². The number of halogens is 1. The Hall–Kier alpha value is -4.35. The molecule has 3 aromatic rings. The average Bonchev–Trinajstić information content (AvgIpc) is 3.21. The van der Waals surface area contributed by atoms with Crippen molar-refractivity contribution in [3.8, 4) is 5.75 Å².